The number of carbonyl (C=O) groups excluding carboxylic acids is 2. The van der Waals surface area contributed by atoms with Gasteiger partial charge < -0.3 is 19.1 Å². The van der Waals surface area contributed by atoms with Crippen LogP contribution in [0.15, 0.2) is 77.9 Å². The molecule has 1 fully saturated rings. The molecule has 9 nitrogen and oxygen atoms in total. The molecule has 0 spiro atoms. The van der Waals surface area contributed by atoms with E-state index in [4.69, 9.17) is 14.2 Å². The minimum absolute atomic E-state index is 0.200. The van der Waals surface area contributed by atoms with E-state index >= 15 is 0 Å². The first-order valence-electron chi connectivity index (χ1n) is 14.0. The molecule has 0 N–H and O–H groups in total. The largest absolute Gasteiger partial charge is 0.497 e. The van der Waals surface area contributed by atoms with Crippen LogP contribution in [0.2, 0.25) is 0 Å². The molecular weight excluding hydrogens is 539 g/mol. The van der Waals surface area contributed by atoms with Crippen LogP contribution in [0.4, 0.5) is 4.39 Å². The number of hydrazone groups is 1. The Labute approximate surface area is 245 Å². The molecule has 1 atom stereocenters. The molecule has 3 aromatic rings. The number of hydrogen-bond donors (Lipinski definition) is 0. The highest BCUT2D eigenvalue weighted by molar-refractivity contribution is 6.04. The van der Waals surface area contributed by atoms with E-state index in [1.54, 1.807) is 61.6 Å². The highest BCUT2D eigenvalue weighted by atomic mass is 19.1. The van der Waals surface area contributed by atoms with Gasteiger partial charge >= 0.3 is 0 Å². The monoisotopic (exact) mass is 574 g/mol. The molecule has 2 amide bonds. The van der Waals surface area contributed by atoms with Crippen LogP contribution >= 0.6 is 0 Å². The van der Waals surface area contributed by atoms with Crippen molar-refractivity contribution in [2.75, 3.05) is 60.2 Å². The van der Waals surface area contributed by atoms with Gasteiger partial charge in [0.2, 0.25) is 0 Å². The van der Waals surface area contributed by atoms with Crippen molar-refractivity contribution in [1.82, 2.24) is 14.8 Å². The van der Waals surface area contributed by atoms with Crippen LogP contribution in [0.3, 0.4) is 0 Å². The Morgan fingerprint density at radius 2 is 1.69 bits per heavy atom. The first-order valence-corrected chi connectivity index (χ1v) is 14.0. The lowest BCUT2D eigenvalue weighted by Gasteiger charge is -2.31. The van der Waals surface area contributed by atoms with E-state index < -0.39 is 11.9 Å². The molecule has 10 heteroatoms. The fraction of sp³-hybridized carbons (Fsp3) is 0.344. The highest BCUT2D eigenvalue weighted by Crippen LogP contribution is 2.37. The fourth-order valence-electron chi connectivity index (χ4n) is 5.27. The van der Waals surface area contributed by atoms with E-state index in [1.165, 1.54) is 11.1 Å². The van der Waals surface area contributed by atoms with Crippen molar-refractivity contribution in [2.24, 2.45) is 5.10 Å². The molecule has 5 rings (SSSR count). The van der Waals surface area contributed by atoms with Gasteiger partial charge in [0.15, 0.2) is 0 Å². The zero-order valence-electron chi connectivity index (χ0n) is 23.9. The number of carbonyl (C=O) groups is 2. The Bertz CT molecular complexity index is 1420. The number of ether oxygens (including phenoxy) is 3. The highest BCUT2D eigenvalue weighted by Gasteiger charge is 2.36. The summed E-state index contributed by atoms with van der Waals surface area (Å²) in [7, 11) is 3.13. The van der Waals surface area contributed by atoms with Crippen LogP contribution in [0.25, 0.3) is 0 Å². The van der Waals surface area contributed by atoms with Crippen LogP contribution in [0.5, 0.6) is 11.5 Å². The minimum Gasteiger partial charge on any atom is -0.497 e. The van der Waals surface area contributed by atoms with Gasteiger partial charge in [-0.05, 0) is 36.4 Å². The summed E-state index contributed by atoms with van der Waals surface area (Å²) in [5, 5.41) is 6.01. The number of amides is 2. The summed E-state index contributed by atoms with van der Waals surface area (Å²) in [5.74, 6) is 0.177. The van der Waals surface area contributed by atoms with Gasteiger partial charge in [-0.3, -0.25) is 14.5 Å². The van der Waals surface area contributed by atoms with Crippen LogP contribution in [-0.4, -0.2) is 92.5 Å². The Kier molecular flexibility index (Phi) is 9.45. The summed E-state index contributed by atoms with van der Waals surface area (Å²) < 4.78 is 31.1. The van der Waals surface area contributed by atoms with E-state index in [2.05, 4.69) is 10.0 Å². The topological polar surface area (TPSA) is 83.9 Å². The third-order valence-corrected chi connectivity index (χ3v) is 7.59. The van der Waals surface area contributed by atoms with Crippen molar-refractivity contribution in [3.8, 4) is 11.5 Å². The average Bonchev–Trinajstić information content (AvgIpc) is 3.48. The van der Waals surface area contributed by atoms with Crippen LogP contribution in [0.1, 0.15) is 33.9 Å². The molecule has 0 saturated carbocycles. The Hall–Kier alpha value is -4.28. The molecular formula is C32H35FN4O5. The van der Waals surface area contributed by atoms with Crippen molar-refractivity contribution in [3.05, 3.63) is 95.3 Å². The number of methoxy groups -OCH3 is 2. The maximum absolute atomic E-state index is 14.8. The van der Waals surface area contributed by atoms with Gasteiger partial charge in [0, 0.05) is 49.3 Å². The number of morpholine rings is 1. The normalized spacial score (nSPS) is 17.1. The van der Waals surface area contributed by atoms with E-state index in [0.29, 0.717) is 61.1 Å². The minimum atomic E-state index is -0.527. The zero-order chi connectivity index (χ0) is 29.5. The number of benzene rings is 3. The number of halogens is 1. The molecule has 42 heavy (non-hydrogen) atoms. The summed E-state index contributed by atoms with van der Waals surface area (Å²) in [5.41, 5.74) is 2.00. The smallest absolute Gasteiger partial charge is 0.262 e. The molecule has 3 aromatic carbocycles. The molecule has 2 aliphatic heterocycles. The summed E-state index contributed by atoms with van der Waals surface area (Å²) in [6.45, 7) is 3.52. The molecule has 0 aliphatic carbocycles. The van der Waals surface area contributed by atoms with Gasteiger partial charge in [-0.15, -0.1) is 0 Å². The fourth-order valence-corrected chi connectivity index (χ4v) is 5.27. The van der Waals surface area contributed by atoms with Gasteiger partial charge in [0.25, 0.3) is 11.8 Å². The summed E-state index contributed by atoms with van der Waals surface area (Å²) in [6, 6.07) is 20.1. The van der Waals surface area contributed by atoms with Gasteiger partial charge in [0.05, 0.1) is 39.2 Å². The Morgan fingerprint density at radius 3 is 2.40 bits per heavy atom. The average molecular weight is 575 g/mol. The maximum atomic E-state index is 14.8. The van der Waals surface area contributed by atoms with E-state index in [1.807, 2.05) is 24.3 Å². The van der Waals surface area contributed by atoms with Crippen molar-refractivity contribution in [2.45, 2.75) is 12.5 Å². The summed E-state index contributed by atoms with van der Waals surface area (Å²) in [6.07, 6.45) is 0.299. The van der Waals surface area contributed by atoms with E-state index in [0.717, 1.165) is 18.7 Å². The van der Waals surface area contributed by atoms with E-state index in [9.17, 15) is 14.0 Å². The quantitative estimate of drug-likeness (QED) is 0.364. The van der Waals surface area contributed by atoms with Crippen LogP contribution in [-0.2, 0) is 9.53 Å². The SMILES string of the molecule is COc1ccc(C(=O)N(CCN2CCOCC2)CC(=O)N2N=C(c3ccccc3F)CC2c2ccccc2OC)cc1. The summed E-state index contributed by atoms with van der Waals surface area (Å²) >= 11 is 0. The molecule has 0 bridgehead atoms. The number of para-hydroxylation sites is 1. The second-order valence-corrected chi connectivity index (χ2v) is 10.1. The van der Waals surface area contributed by atoms with Gasteiger partial charge in [-0.1, -0.05) is 36.4 Å². The molecule has 220 valence electrons. The molecule has 2 aliphatic rings. The molecule has 1 unspecified atom stereocenters. The van der Waals surface area contributed by atoms with Gasteiger partial charge in [-0.25, -0.2) is 9.40 Å². The maximum Gasteiger partial charge on any atom is 0.262 e. The molecule has 0 aromatic heterocycles. The summed E-state index contributed by atoms with van der Waals surface area (Å²) in [4.78, 5) is 31.5. The van der Waals surface area contributed by atoms with Crippen molar-refractivity contribution in [1.29, 1.82) is 0 Å². The number of hydrogen-bond acceptors (Lipinski definition) is 7. The second-order valence-electron chi connectivity index (χ2n) is 10.1. The third-order valence-electron chi connectivity index (χ3n) is 7.59. The lowest BCUT2D eigenvalue weighted by Crippen LogP contribution is -2.46. The zero-order valence-corrected chi connectivity index (χ0v) is 23.9. The molecule has 2 heterocycles. The predicted octanol–water partition coefficient (Wildman–Crippen LogP) is 4.00. The van der Waals surface area contributed by atoms with Crippen molar-refractivity contribution >= 4 is 17.5 Å². The molecule has 0 radical (unpaired) electrons. The first-order chi connectivity index (χ1) is 20.5. The number of rotatable bonds is 10. The predicted molar refractivity (Wildman–Crippen MR) is 156 cm³/mol. The third kappa shape index (κ3) is 6.61. The first kappa shape index (κ1) is 29.2. The second kappa shape index (κ2) is 13.6. The van der Waals surface area contributed by atoms with Crippen molar-refractivity contribution < 1.29 is 28.2 Å². The van der Waals surface area contributed by atoms with Gasteiger partial charge in [0.1, 0.15) is 23.9 Å². The number of nitrogens with zero attached hydrogens (tertiary/aromatic N) is 4. The van der Waals surface area contributed by atoms with Crippen LogP contribution < -0.4 is 9.47 Å². The van der Waals surface area contributed by atoms with Gasteiger partial charge in [-0.2, -0.15) is 5.10 Å². The Morgan fingerprint density at radius 1 is 0.976 bits per heavy atom. The van der Waals surface area contributed by atoms with Crippen molar-refractivity contribution in [3.63, 3.8) is 0 Å². The standard InChI is InChI=1S/C32H35FN4O5/c1-40-24-13-11-23(12-14-24)32(39)36(16-15-35-17-19-42-20-18-35)22-31(38)37-29(26-8-4-6-10-30(26)41-2)21-28(34-37)25-7-3-5-9-27(25)33/h3-14,29H,15-22H2,1-2H3. The molecule has 1 saturated heterocycles. The van der Waals surface area contributed by atoms with Crippen LogP contribution in [0, 0.1) is 5.82 Å². The lowest BCUT2D eigenvalue weighted by atomic mass is 9.97. The Balaban J connectivity index is 1.44. The lowest BCUT2D eigenvalue weighted by molar-refractivity contribution is -0.133. The van der Waals surface area contributed by atoms with E-state index in [-0.39, 0.29) is 18.4 Å².